The summed E-state index contributed by atoms with van der Waals surface area (Å²) in [6, 6.07) is 48.1. The smallest absolute Gasteiger partial charge is 0.0988 e. The molecule has 0 saturated heterocycles. The molecule has 0 heterocycles. The lowest BCUT2D eigenvalue weighted by molar-refractivity contribution is 0.767. The van der Waals surface area contributed by atoms with Gasteiger partial charge in [0, 0.05) is 5.57 Å². The number of hydrogen-bond acceptors (Lipinski definition) is 2. The Labute approximate surface area is 230 Å². The fourth-order valence-corrected chi connectivity index (χ4v) is 5.96. The summed E-state index contributed by atoms with van der Waals surface area (Å²) in [4.78, 5) is 0. The summed E-state index contributed by atoms with van der Waals surface area (Å²) >= 11 is 0. The molecule has 0 spiro atoms. The zero-order chi connectivity index (χ0) is 26.7. The summed E-state index contributed by atoms with van der Waals surface area (Å²) in [6.07, 6.45) is 5.64. The van der Waals surface area contributed by atoms with Gasteiger partial charge in [0.1, 0.15) is 0 Å². The zero-order valence-electron chi connectivity index (χ0n) is 21.6. The van der Waals surface area contributed by atoms with Gasteiger partial charge in [-0.15, -0.1) is 0 Å². The van der Waals surface area contributed by atoms with Crippen molar-refractivity contribution < 1.29 is 0 Å². The van der Waals surface area contributed by atoms with Crippen LogP contribution in [0.4, 0.5) is 0 Å². The largest absolute Gasteiger partial charge is 0.405 e. The second-order valence-corrected chi connectivity index (χ2v) is 9.82. The van der Waals surface area contributed by atoms with Gasteiger partial charge in [-0.25, -0.2) is 0 Å². The van der Waals surface area contributed by atoms with E-state index in [-0.39, 0.29) is 0 Å². The molecule has 5 aromatic rings. The van der Waals surface area contributed by atoms with Crippen LogP contribution in [0.1, 0.15) is 27.8 Å². The molecule has 2 N–H and O–H groups in total. The average Bonchev–Trinajstić information content (AvgIpc) is 3.30. The Kier molecular flexibility index (Phi) is 6.41. The summed E-state index contributed by atoms with van der Waals surface area (Å²) in [6.45, 7) is 0. The van der Waals surface area contributed by atoms with Gasteiger partial charge in [0.2, 0.25) is 0 Å². The first-order valence-electron chi connectivity index (χ1n) is 13.2. The van der Waals surface area contributed by atoms with E-state index in [9.17, 15) is 5.26 Å². The van der Waals surface area contributed by atoms with Crippen molar-refractivity contribution >= 4 is 0 Å². The molecule has 2 heteroatoms. The highest BCUT2D eigenvalue weighted by Gasteiger charge is 2.46. The van der Waals surface area contributed by atoms with E-state index in [2.05, 4.69) is 133 Å². The van der Waals surface area contributed by atoms with Gasteiger partial charge in [-0.3, -0.25) is 0 Å². The van der Waals surface area contributed by atoms with Crippen LogP contribution in [0.2, 0.25) is 0 Å². The van der Waals surface area contributed by atoms with E-state index >= 15 is 0 Å². The Hall–Kier alpha value is -5.13. The second kappa shape index (κ2) is 10.3. The van der Waals surface area contributed by atoms with Crippen LogP contribution in [0.5, 0.6) is 0 Å². The lowest BCUT2D eigenvalue weighted by Gasteiger charge is -2.34. The van der Waals surface area contributed by atoms with Crippen molar-refractivity contribution in [3.05, 3.63) is 179 Å². The van der Waals surface area contributed by atoms with Crippen LogP contribution in [-0.4, -0.2) is 0 Å². The predicted octanol–water partition coefficient (Wildman–Crippen LogP) is 8.18. The number of benzene rings is 5. The first-order chi connectivity index (χ1) is 19.3. The standard InChI is InChI=1S/C37H28N2/c38-23-22-28(26-39)17-16-27-18-20-33-34-21-19-30(29-10-4-1-5-11-29)25-36(34)37(35(33)24-27,31-12-6-2-7-13-31)32-14-8-3-9-15-32/h1-15,17-25H,16,38H2/b23-22-,28-17+. The van der Waals surface area contributed by atoms with Crippen LogP contribution >= 0.6 is 0 Å². The van der Waals surface area contributed by atoms with E-state index in [1.165, 1.54) is 50.7 Å². The number of hydrogen-bond donors (Lipinski definition) is 1. The van der Waals surface area contributed by atoms with Crippen molar-refractivity contribution in [2.45, 2.75) is 11.8 Å². The third-order valence-corrected chi connectivity index (χ3v) is 7.69. The molecule has 0 amide bonds. The SMILES string of the molecule is N#CC(/C=C\N)=C/Cc1ccc2c(c1)C(c1ccccc1)(c1ccccc1)c1cc(-c3ccccc3)ccc1-2. The van der Waals surface area contributed by atoms with Gasteiger partial charge in [-0.2, -0.15) is 5.26 Å². The van der Waals surface area contributed by atoms with E-state index in [4.69, 9.17) is 5.73 Å². The Morgan fingerprint density at radius 3 is 1.82 bits per heavy atom. The molecular formula is C37H28N2. The molecule has 0 radical (unpaired) electrons. The lowest BCUT2D eigenvalue weighted by Crippen LogP contribution is -2.28. The van der Waals surface area contributed by atoms with Crippen molar-refractivity contribution in [3.63, 3.8) is 0 Å². The van der Waals surface area contributed by atoms with Crippen LogP contribution in [0.15, 0.2) is 151 Å². The Morgan fingerprint density at radius 2 is 1.23 bits per heavy atom. The van der Waals surface area contributed by atoms with Crippen LogP contribution < -0.4 is 5.73 Å². The van der Waals surface area contributed by atoms with Gasteiger partial charge in [0.25, 0.3) is 0 Å². The first kappa shape index (κ1) is 24.2. The van der Waals surface area contributed by atoms with Crippen LogP contribution in [0.25, 0.3) is 22.3 Å². The highest BCUT2D eigenvalue weighted by molar-refractivity contribution is 5.88. The monoisotopic (exact) mass is 500 g/mol. The second-order valence-electron chi connectivity index (χ2n) is 9.82. The highest BCUT2D eigenvalue weighted by atomic mass is 14.5. The molecule has 0 aromatic heterocycles. The van der Waals surface area contributed by atoms with Crippen molar-refractivity contribution in [3.8, 4) is 28.3 Å². The third-order valence-electron chi connectivity index (χ3n) is 7.69. The maximum absolute atomic E-state index is 9.48. The summed E-state index contributed by atoms with van der Waals surface area (Å²) in [5, 5.41) is 9.48. The van der Waals surface area contributed by atoms with Gasteiger partial charge >= 0.3 is 0 Å². The number of fused-ring (bicyclic) bond motifs is 3. The molecule has 0 aliphatic heterocycles. The molecule has 0 atom stereocenters. The fourth-order valence-electron chi connectivity index (χ4n) is 5.96. The molecule has 0 unspecified atom stereocenters. The number of allylic oxidation sites excluding steroid dienone is 3. The lowest BCUT2D eigenvalue weighted by atomic mass is 9.67. The maximum Gasteiger partial charge on any atom is 0.0988 e. The summed E-state index contributed by atoms with van der Waals surface area (Å²) < 4.78 is 0. The van der Waals surface area contributed by atoms with Gasteiger partial charge in [-0.1, -0.05) is 127 Å². The molecule has 0 fully saturated rings. The maximum atomic E-state index is 9.48. The molecule has 5 aromatic carbocycles. The minimum absolute atomic E-state index is 0.479. The molecule has 2 nitrogen and oxygen atoms in total. The minimum atomic E-state index is -0.479. The normalized spacial score (nSPS) is 13.6. The van der Waals surface area contributed by atoms with Crippen molar-refractivity contribution in [2.75, 3.05) is 0 Å². The molecule has 1 aliphatic carbocycles. The Morgan fingerprint density at radius 1 is 0.667 bits per heavy atom. The minimum Gasteiger partial charge on any atom is -0.405 e. The van der Waals surface area contributed by atoms with Crippen molar-refractivity contribution in [1.29, 1.82) is 5.26 Å². The van der Waals surface area contributed by atoms with Crippen molar-refractivity contribution in [1.82, 2.24) is 0 Å². The molecule has 39 heavy (non-hydrogen) atoms. The van der Waals surface area contributed by atoms with E-state index in [1.54, 1.807) is 6.08 Å². The van der Waals surface area contributed by atoms with Gasteiger partial charge in [-0.05, 0) is 74.8 Å². The molecule has 186 valence electrons. The summed E-state index contributed by atoms with van der Waals surface area (Å²) in [7, 11) is 0. The van der Waals surface area contributed by atoms with Crippen LogP contribution in [0.3, 0.4) is 0 Å². The molecule has 0 saturated carbocycles. The van der Waals surface area contributed by atoms with Crippen LogP contribution in [-0.2, 0) is 11.8 Å². The molecule has 1 aliphatic rings. The molecule has 6 rings (SSSR count). The van der Waals surface area contributed by atoms with Gasteiger partial charge in [0.05, 0.1) is 11.5 Å². The summed E-state index contributed by atoms with van der Waals surface area (Å²) in [5.74, 6) is 0. The fraction of sp³-hybridized carbons (Fsp3) is 0.0541. The molecule has 0 bridgehead atoms. The molecular weight excluding hydrogens is 472 g/mol. The topological polar surface area (TPSA) is 49.8 Å². The van der Waals surface area contributed by atoms with E-state index in [1.807, 2.05) is 6.08 Å². The van der Waals surface area contributed by atoms with E-state index in [0.29, 0.717) is 12.0 Å². The number of nitrogens with zero attached hydrogens (tertiary/aromatic N) is 1. The number of nitrogens with two attached hydrogens (primary N) is 1. The quantitative estimate of drug-likeness (QED) is 0.185. The third kappa shape index (κ3) is 4.15. The average molecular weight is 501 g/mol. The van der Waals surface area contributed by atoms with E-state index < -0.39 is 5.41 Å². The van der Waals surface area contributed by atoms with Crippen LogP contribution in [0, 0.1) is 11.3 Å². The summed E-state index contributed by atoms with van der Waals surface area (Å²) in [5.41, 5.74) is 16.7. The highest BCUT2D eigenvalue weighted by Crippen LogP contribution is 2.56. The van der Waals surface area contributed by atoms with Gasteiger partial charge in [0.15, 0.2) is 0 Å². The van der Waals surface area contributed by atoms with Crippen molar-refractivity contribution in [2.24, 2.45) is 5.73 Å². The van der Waals surface area contributed by atoms with Gasteiger partial charge < -0.3 is 5.73 Å². The Balaban J connectivity index is 1.64. The first-order valence-corrected chi connectivity index (χ1v) is 13.2. The Bertz CT molecular complexity index is 1680. The van der Waals surface area contributed by atoms with E-state index in [0.717, 1.165) is 5.56 Å². The zero-order valence-corrected chi connectivity index (χ0v) is 21.6. The predicted molar refractivity (Wildman–Crippen MR) is 160 cm³/mol. The number of rotatable bonds is 6. The number of nitriles is 1.